The number of carbonyl (C=O) groups is 1. The fourth-order valence-electron chi connectivity index (χ4n) is 1.66. The molecular formula is C12H15F2NO4S2. The Bertz CT molecular complexity index is 634. The van der Waals surface area contributed by atoms with Gasteiger partial charge in [-0.05, 0) is 24.8 Å². The summed E-state index contributed by atoms with van der Waals surface area (Å²) in [4.78, 5) is 9.93. The molecule has 1 rings (SSSR count). The smallest absolute Gasteiger partial charge is 0.341 e. The van der Waals surface area contributed by atoms with Gasteiger partial charge in [0.15, 0.2) is 5.82 Å². The van der Waals surface area contributed by atoms with Crippen molar-refractivity contribution >= 4 is 27.8 Å². The normalized spacial score (nSPS) is 13.1. The van der Waals surface area contributed by atoms with Gasteiger partial charge >= 0.3 is 5.97 Å². The van der Waals surface area contributed by atoms with E-state index in [0.717, 1.165) is 0 Å². The van der Waals surface area contributed by atoms with E-state index < -0.39 is 44.1 Å². The molecule has 0 radical (unpaired) electrons. The lowest BCUT2D eigenvalue weighted by molar-refractivity contribution is 0.0685. The first-order valence-corrected chi connectivity index (χ1v) is 8.84. The molecule has 118 valence electrons. The second-order valence-electron chi connectivity index (χ2n) is 4.22. The van der Waals surface area contributed by atoms with E-state index in [0.29, 0.717) is 24.3 Å². The van der Waals surface area contributed by atoms with E-state index in [1.54, 1.807) is 13.2 Å². The van der Waals surface area contributed by atoms with E-state index in [1.807, 2.05) is 0 Å². The Balaban J connectivity index is 3.26. The SMILES string of the molecule is CCC(CSC)NS(=O)(=O)c1ccc(F)c(C(=O)O)c1F. The molecule has 1 atom stereocenters. The summed E-state index contributed by atoms with van der Waals surface area (Å²) >= 11 is 1.41. The number of hydrogen-bond acceptors (Lipinski definition) is 4. The zero-order chi connectivity index (χ0) is 16.2. The Morgan fingerprint density at radius 2 is 2.05 bits per heavy atom. The highest BCUT2D eigenvalue weighted by atomic mass is 32.2. The summed E-state index contributed by atoms with van der Waals surface area (Å²) in [5, 5.41) is 8.75. The topological polar surface area (TPSA) is 83.5 Å². The molecule has 9 heteroatoms. The number of benzene rings is 1. The number of carboxylic acids is 1. The number of hydrogen-bond donors (Lipinski definition) is 2. The van der Waals surface area contributed by atoms with Gasteiger partial charge in [-0.2, -0.15) is 11.8 Å². The summed E-state index contributed by atoms with van der Waals surface area (Å²) in [6.07, 6.45) is 2.27. The molecule has 1 aromatic carbocycles. The average molecular weight is 339 g/mol. The van der Waals surface area contributed by atoms with Crippen molar-refractivity contribution in [1.82, 2.24) is 4.72 Å². The molecule has 0 aliphatic heterocycles. The minimum Gasteiger partial charge on any atom is -0.477 e. The summed E-state index contributed by atoms with van der Waals surface area (Å²) in [5.41, 5.74) is -1.28. The van der Waals surface area contributed by atoms with Crippen molar-refractivity contribution in [3.8, 4) is 0 Å². The maximum absolute atomic E-state index is 14.0. The molecule has 21 heavy (non-hydrogen) atoms. The van der Waals surface area contributed by atoms with Crippen molar-refractivity contribution in [1.29, 1.82) is 0 Å². The monoisotopic (exact) mass is 339 g/mol. The van der Waals surface area contributed by atoms with Crippen LogP contribution in [0, 0.1) is 11.6 Å². The van der Waals surface area contributed by atoms with Crippen molar-refractivity contribution in [3.05, 3.63) is 29.3 Å². The van der Waals surface area contributed by atoms with Gasteiger partial charge in [0.1, 0.15) is 16.3 Å². The zero-order valence-corrected chi connectivity index (χ0v) is 13.0. The molecule has 0 saturated heterocycles. The van der Waals surface area contributed by atoms with Crippen LogP contribution in [-0.4, -0.2) is 37.5 Å². The van der Waals surface area contributed by atoms with Crippen LogP contribution in [0.4, 0.5) is 8.78 Å². The van der Waals surface area contributed by atoms with Gasteiger partial charge in [0.2, 0.25) is 10.0 Å². The zero-order valence-electron chi connectivity index (χ0n) is 11.4. The molecule has 2 N–H and O–H groups in total. The van der Waals surface area contributed by atoms with Crippen LogP contribution in [0.15, 0.2) is 17.0 Å². The molecule has 0 amide bonds. The van der Waals surface area contributed by atoms with Gasteiger partial charge in [-0.15, -0.1) is 0 Å². The molecule has 0 aliphatic rings. The second kappa shape index (κ2) is 7.19. The van der Waals surface area contributed by atoms with E-state index in [4.69, 9.17) is 5.11 Å². The van der Waals surface area contributed by atoms with Gasteiger partial charge in [-0.25, -0.2) is 26.7 Å². The molecule has 5 nitrogen and oxygen atoms in total. The third-order valence-electron chi connectivity index (χ3n) is 2.74. The molecule has 1 unspecified atom stereocenters. The Hall–Kier alpha value is -1.19. The van der Waals surface area contributed by atoms with Gasteiger partial charge in [0.25, 0.3) is 0 Å². The average Bonchev–Trinajstić information content (AvgIpc) is 2.37. The summed E-state index contributed by atoms with van der Waals surface area (Å²) < 4.78 is 53.8. The number of aromatic carboxylic acids is 1. The molecule has 0 bridgehead atoms. The maximum atomic E-state index is 14.0. The number of nitrogens with one attached hydrogen (secondary N) is 1. The molecule has 0 aromatic heterocycles. The van der Waals surface area contributed by atoms with Crippen LogP contribution in [-0.2, 0) is 10.0 Å². The van der Waals surface area contributed by atoms with Crippen molar-refractivity contribution in [2.45, 2.75) is 24.3 Å². The molecule has 0 fully saturated rings. The second-order valence-corrected chi connectivity index (χ2v) is 6.81. The fourth-order valence-corrected chi connectivity index (χ4v) is 3.88. The lowest BCUT2D eigenvalue weighted by Gasteiger charge is -2.16. The Morgan fingerprint density at radius 1 is 1.43 bits per heavy atom. The van der Waals surface area contributed by atoms with Crippen LogP contribution in [0.25, 0.3) is 0 Å². The third kappa shape index (κ3) is 4.14. The summed E-state index contributed by atoms with van der Waals surface area (Å²) in [6.45, 7) is 1.76. The van der Waals surface area contributed by atoms with Gasteiger partial charge in [-0.3, -0.25) is 0 Å². The van der Waals surface area contributed by atoms with E-state index in [1.165, 1.54) is 11.8 Å². The van der Waals surface area contributed by atoms with Crippen LogP contribution in [0.1, 0.15) is 23.7 Å². The standard InChI is InChI=1S/C12H15F2NO4S2/c1-3-7(6-20-2)15-21(18,19)9-5-4-8(13)10(11(9)14)12(16)17/h4-5,7,15H,3,6H2,1-2H3,(H,16,17). The lowest BCUT2D eigenvalue weighted by Crippen LogP contribution is -2.36. The van der Waals surface area contributed by atoms with E-state index in [-0.39, 0.29) is 0 Å². The van der Waals surface area contributed by atoms with Gasteiger partial charge in [-0.1, -0.05) is 6.92 Å². The van der Waals surface area contributed by atoms with Crippen molar-refractivity contribution in [2.24, 2.45) is 0 Å². The number of carboxylic acid groups (broad SMARTS) is 1. The minimum absolute atomic E-state index is 0.428. The number of rotatable bonds is 7. The van der Waals surface area contributed by atoms with Crippen molar-refractivity contribution in [3.63, 3.8) is 0 Å². The van der Waals surface area contributed by atoms with E-state index in [2.05, 4.69) is 4.72 Å². The Kier molecular flexibility index (Phi) is 6.11. The lowest BCUT2D eigenvalue weighted by atomic mass is 10.2. The molecule has 0 spiro atoms. The molecule has 0 heterocycles. The Labute approximate surface area is 125 Å². The first kappa shape index (κ1) is 17.9. The fraction of sp³-hybridized carbons (Fsp3) is 0.417. The number of thioether (sulfide) groups is 1. The van der Waals surface area contributed by atoms with Gasteiger partial charge < -0.3 is 5.11 Å². The maximum Gasteiger partial charge on any atom is 0.341 e. The van der Waals surface area contributed by atoms with Crippen LogP contribution in [0.5, 0.6) is 0 Å². The summed E-state index contributed by atoms with van der Waals surface area (Å²) in [5.74, 6) is -4.31. The predicted molar refractivity (Wildman–Crippen MR) is 76.1 cm³/mol. The highest BCUT2D eigenvalue weighted by molar-refractivity contribution is 7.98. The summed E-state index contributed by atoms with van der Waals surface area (Å²) in [7, 11) is -4.27. The molecule has 1 aromatic rings. The first-order chi connectivity index (χ1) is 9.74. The molecule has 0 aliphatic carbocycles. The van der Waals surface area contributed by atoms with Crippen LogP contribution in [0.3, 0.4) is 0 Å². The molecular weight excluding hydrogens is 324 g/mol. The van der Waals surface area contributed by atoms with Gasteiger partial charge in [0, 0.05) is 11.8 Å². The third-order valence-corrected chi connectivity index (χ3v) is 5.02. The minimum atomic E-state index is -4.27. The molecule has 0 saturated carbocycles. The van der Waals surface area contributed by atoms with Crippen molar-refractivity contribution in [2.75, 3.05) is 12.0 Å². The van der Waals surface area contributed by atoms with E-state index >= 15 is 0 Å². The highest BCUT2D eigenvalue weighted by Crippen LogP contribution is 2.21. The predicted octanol–water partition coefficient (Wildman–Crippen LogP) is 2.08. The summed E-state index contributed by atoms with van der Waals surface area (Å²) in [6, 6.07) is 0.907. The van der Waals surface area contributed by atoms with Gasteiger partial charge in [0.05, 0.1) is 0 Å². The Morgan fingerprint density at radius 3 is 2.52 bits per heavy atom. The highest BCUT2D eigenvalue weighted by Gasteiger charge is 2.28. The largest absolute Gasteiger partial charge is 0.477 e. The van der Waals surface area contributed by atoms with E-state index in [9.17, 15) is 22.0 Å². The van der Waals surface area contributed by atoms with Crippen molar-refractivity contribution < 1.29 is 27.1 Å². The number of sulfonamides is 1. The first-order valence-electron chi connectivity index (χ1n) is 5.97. The van der Waals surface area contributed by atoms with Crippen LogP contribution < -0.4 is 4.72 Å². The van der Waals surface area contributed by atoms with Crippen LogP contribution in [0.2, 0.25) is 0 Å². The quantitative estimate of drug-likeness (QED) is 0.795. The van der Waals surface area contributed by atoms with Crippen LogP contribution >= 0.6 is 11.8 Å². The number of halogens is 2.